The highest BCUT2D eigenvalue weighted by Gasteiger charge is 2.38. The van der Waals surface area contributed by atoms with Crippen LogP contribution < -0.4 is 5.32 Å². The minimum atomic E-state index is -1.82. The summed E-state index contributed by atoms with van der Waals surface area (Å²) < 4.78 is 5.13. The van der Waals surface area contributed by atoms with E-state index in [0.717, 1.165) is 17.7 Å². The Balaban J connectivity index is 0.000000501. The van der Waals surface area contributed by atoms with Crippen LogP contribution in [-0.2, 0) is 20.9 Å². The Bertz CT molecular complexity index is 710. The number of ether oxygens (including phenoxy) is 1. The summed E-state index contributed by atoms with van der Waals surface area (Å²) in [6.07, 6.45) is 10.3. The first-order valence-corrected chi connectivity index (χ1v) is 11.0. The van der Waals surface area contributed by atoms with E-state index < -0.39 is 11.9 Å². The molecule has 2 fully saturated rings. The molecule has 0 unspecified atom stereocenters. The molecule has 1 aliphatic heterocycles. The van der Waals surface area contributed by atoms with E-state index in [-0.39, 0.29) is 11.4 Å². The zero-order chi connectivity index (χ0) is 22.7. The molecule has 0 aromatic heterocycles. The summed E-state index contributed by atoms with van der Waals surface area (Å²) in [6.45, 7) is 3.76. The van der Waals surface area contributed by atoms with Crippen molar-refractivity contribution >= 4 is 17.8 Å². The molecule has 3 N–H and O–H groups in total. The van der Waals surface area contributed by atoms with E-state index in [2.05, 4.69) is 10.2 Å². The maximum absolute atomic E-state index is 12.6. The van der Waals surface area contributed by atoms with Gasteiger partial charge in [0, 0.05) is 24.8 Å². The van der Waals surface area contributed by atoms with Gasteiger partial charge in [-0.15, -0.1) is 0 Å². The number of amides is 1. The number of rotatable bonds is 6. The van der Waals surface area contributed by atoms with E-state index in [1.807, 2.05) is 24.3 Å². The summed E-state index contributed by atoms with van der Waals surface area (Å²) in [6, 6.07) is 7.75. The lowest BCUT2D eigenvalue weighted by Gasteiger charge is -2.48. The highest BCUT2D eigenvalue weighted by atomic mass is 16.5. The van der Waals surface area contributed by atoms with Crippen LogP contribution in [0.4, 0.5) is 0 Å². The number of piperidine rings is 1. The molecule has 1 aliphatic carbocycles. The second kappa shape index (κ2) is 12.4. The molecule has 1 heterocycles. The van der Waals surface area contributed by atoms with Gasteiger partial charge in [0.1, 0.15) is 0 Å². The Kier molecular flexibility index (Phi) is 9.94. The van der Waals surface area contributed by atoms with Gasteiger partial charge in [-0.25, -0.2) is 9.59 Å². The second-order valence-corrected chi connectivity index (χ2v) is 8.26. The lowest BCUT2D eigenvalue weighted by atomic mass is 9.79. The third-order valence-corrected chi connectivity index (χ3v) is 6.10. The van der Waals surface area contributed by atoms with Gasteiger partial charge in [-0.2, -0.15) is 0 Å². The molecule has 8 nitrogen and oxygen atoms in total. The van der Waals surface area contributed by atoms with Crippen LogP contribution in [0, 0.1) is 0 Å². The number of methoxy groups -OCH3 is 1. The second-order valence-electron chi connectivity index (χ2n) is 8.26. The number of hydrogen-bond acceptors (Lipinski definition) is 5. The monoisotopic (exact) mass is 434 g/mol. The number of carboxylic acid groups (broad SMARTS) is 2. The molecule has 1 aromatic carbocycles. The number of aliphatic carboxylic acids is 2. The number of nitrogens with one attached hydrogen (secondary N) is 1. The van der Waals surface area contributed by atoms with Gasteiger partial charge in [-0.3, -0.25) is 9.69 Å². The van der Waals surface area contributed by atoms with E-state index in [4.69, 9.17) is 24.5 Å². The first-order valence-electron chi connectivity index (χ1n) is 11.0. The van der Waals surface area contributed by atoms with Gasteiger partial charge >= 0.3 is 11.9 Å². The summed E-state index contributed by atoms with van der Waals surface area (Å²) in [5.74, 6) is -3.60. The number of carbonyl (C=O) groups excluding carboxylic acids is 1. The normalized spacial score (nSPS) is 18.4. The van der Waals surface area contributed by atoms with Crippen molar-refractivity contribution in [3.63, 3.8) is 0 Å². The van der Waals surface area contributed by atoms with Crippen molar-refractivity contribution in [3.8, 4) is 0 Å². The Labute approximate surface area is 183 Å². The van der Waals surface area contributed by atoms with Crippen molar-refractivity contribution in [1.29, 1.82) is 0 Å². The Hall–Kier alpha value is -2.45. The van der Waals surface area contributed by atoms with E-state index in [0.29, 0.717) is 6.61 Å². The van der Waals surface area contributed by atoms with Crippen molar-refractivity contribution < 1.29 is 29.3 Å². The predicted molar refractivity (Wildman–Crippen MR) is 116 cm³/mol. The highest BCUT2D eigenvalue weighted by molar-refractivity contribution is 6.27. The van der Waals surface area contributed by atoms with Gasteiger partial charge in [-0.05, 0) is 56.5 Å². The van der Waals surface area contributed by atoms with Crippen molar-refractivity contribution in [3.05, 3.63) is 35.4 Å². The summed E-state index contributed by atoms with van der Waals surface area (Å²) in [4.78, 5) is 33.5. The first kappa shape index (κ1) is 24.8. The van der Waals surface area contributed by atoms with Crippen LogP contribution in [0.1, 0.15) is 67.3 Å². The molecule has 2 aliphatic rings. The third-order valence-electron chi connectivity index (χ3n) is 6.10. The molecular weight excluding hydrogens is 400 g/mol. The molecule has 8 heteroatoms. The maximum atomic E-state index is 12.6. The van der Waals surface area contributed by atoms with Crippen molar-refractivity contribution in [1.82, 2.24) is 10.2 Å². The van der Waals surface area contributed by atoms with Crippen molar-refractivity contribution in [2.75, 3.05) is 26.7 Å². The Morgan fingerprint density at radius 3 is 2.00 bits per heavy atom. The lowest BCUT2D eigenvalue weighted by molar-refractivity contribution is -0.159. The summed E-state index contributed by atoms with van der Waals surface area (Å²) >= 11 is 0. The van der Waals surface area contributed by atoms with Crippen LogP contribution in [0.15, 0.2) is 24.3 Å². The lowest BCUT2D eigenvalue weighted by Crippen LogP contribution is -2.58. The zero-order valence-electron chi connectivity index (χ0n) is 18.3. The average Bonchev–Trinajstić information content (AvgIpc) is 2.80. The molecule has 0 atom stereocenters. The average molecular weight is 435 g/mol. The molecule has 1 aromatic rings. The van der Waals surface area contributed by atoms with Crippen LogP contribution in [0.3, 0.4) is 0 Å². The Morgan fingerprint density at radius 1 is 0.935 bits per heavy atom. The van der Waals surface area contributed by atoms with Gasteiger partial charge in [0.2, 0.25) is 0 Å². The van der Waals surface area contributed by atoms with Crippen molar-refractivity contribution in [2.24, 2.45) is 0 Å². The van der Waals surface area contributed by atoms with E-state index >= 15 is 0 Å². The van der Waals surface area contributed by atoms with Gasteiger partial charge < -0.3 is 20.3 Å². The molecule has 0 bridgehead atoms. The predicted octanol–water partition coefficient (Wildman–Crippen LogP) is 2.91. The van der Waals surface area contributed by atoms with Crippen LogP contribution in [-0.4, -0.2) is 65.2 Å². The Morgan fingerprint density at radius 2 is 1.48 bits per heavy atom. The zero-order valence-corrected chi connectivity index (χ0v) is 18.3. The van der Waals surface area contributed by atoms with E-state index in [9.17, 15) is 4.79 Å². The van der Waals surface area contributed by atoms with E-state index in [1.165, 1.54) is 64.5 Å². The standard InChI is InChI=1S/C21H32N2O2.C2H2O4/c1-25-16-18-8-10-19(11-9-18)20(24)22-17-21(12-4-2-5-13-21)23-14-6-3-7-15-23;3-1(4)2(5)6/h8-11H,2-7,12-17H2,1H3,(H,22,24);(H,3,4)(H,5,6). The molecule has 0 spiro atoms. The molecule has 1 amide bonds. The highest BCUT2D eigenvalue weighted by Crippen LogP contribution is 2.35. The maximum Gasteiger partial charge on any atom is 0.414 e. The van der Waals surface area contributed by atoms with Crippen molar-refractivity contribution in [2.45, 2.75) is 63.5 Å². The molecule has 31 heavy (non-hydrogen) atoms. The SMILES string of the molecule is COCc1ccc(C(=O)NCC2(N3CCCCC3)CCCCC2)cc1.O=C(O)C(=O)O. The quantitative estimate of drug-likeness (QED) is 0.590. The fourth-order valence-electron chi connectivity index (χ4n) is 4.45. The van der Waals surface area contributed by atoms with Crippen LogP contribution in [0.2, 0.25) is 0 Å². The largest absolute Gasteiger partial charge is 0.473 e. The molecule has 3 rings (SSSR count). The molecule has 0 radical (unpaired) electrons. The molecule has 1 saturated heterocycles. The number of benzene rings is 1. The minimum absolute atomic E-state index is 0.0472. The van der Waals surface area contributed by atoms with Gasteiger partial charge in [0.05, 0.1) is 6.61 Å². The van der Waals surface area contributed by atoms with Crippen LogP contribution >= 0.6 is 0 Å². The molecule has 172 valence electrons. The molecule has 1 saturated carbocycles. The van der Waals surface area contributed by atoms with Gasteiger partial charge in [0.25, 0.3) is 5.91 Å². The summed E-state index contributed by atoms with van der Waals surface area (Å²) in [5, 5.41) is 18.0. The van der Waals surface area contributed by atoms with Crippen LogP contribution in [0.5, 0.6) is 0 Å². The summed E-state index contributed by atoms with van der Waals surface area (Å²) in [7, 11) is 1.69. The van der Waals surface area contributed by atoms with E-state index in [1.54, 1.807) is 7.11 Å². The topological polar surface area (TPSA) is 116 Å². The fraction of sp³-hybridized carbons (Fsp3) is 0.609. The minimum Gasteiger partial charge on any atom is -0.473 e. The number of hydrogen-bond donors (Lipinski definition) is 3. The fourth-order valence-corrected chi connectivity index (χ4v) is 4.45. The molecular formula is C23H34N2O6. The van der Waals surface area contributed by atoms with Crippen LogP contribution in [0.25, 0.3) is 0 Å². The number of carbonyl (C=O) groups is 3. The summed E-state index contributed by atoms with van der Waals surface area (Å²) in [5.41, 5.74) is 2.02. The number of nitrogens with zero attached hydrogens (tertiary/aromatic N) is 1. The number of likely N-dealkylation sites (tertiary alicyclic amines) is 1. The third kappa shape index (κ3) is 7.63. The smallest absolute Gasteiger partial charge is 0.414 e. The van der Waals surface area contributed by atoms with Gasteiger partial charge in [0.15, 0.2) is 0 Å². The first-order chi connectivity index (χ1) is 14.9. The van der Waals surface area contributed by atoms with Gasteiger partial charge in [-0.1, -0.05) is 37.8 Å². The number of carboxylic acids is 2.